The molecule has 0 bridgehead atoms. The molecule has 0 unspecified atom stereocenters. The van der Waals surface area contributed by atoms with Crippen LogP contribution in [0, 0.1) is 0 Å². The number of rotatable bonds is 4. The van der Waals surface area contributed by atoms with E-state index in [1.165, 1.54) is 0 Å². The summed E-state index contributed by atoms with van der Waals surface area (Å²) < 4.78 is 0. The van der Waals surface area contributed by atoms with Gasteiger partial charge >= 0.3 is 0 Å². The van der Waals surface area contributed by atoms with Gasteiger partial charge in [-0.3, -0.25) is 14.9 Å². The Bertz CT molecular complexity index is 549. The zero-order valence-electron chi connectivity index (χ0n) is 11.3. The Morgan fingerprint density at radius 2 is 2.05 bits per heavy atom. The van der Waals surface area contributed by atoms with Gasteiger partial charge in [-0.1, -0.05) is 13.8 Å². The van der Waals surface area contributed by atoms with E-state index in [9.17, 15) is 4.79 Å². The maximum atomic E-state index is 12.2. The van der Waals surface area contributed by atoms with Crippen molar-refractivity contribution in [2.24, 2.45) is 0 Å². The monoisotopic (exact) mass is 259 g/mol. The van der Waals surface area contributed by atoms with Crippen molar-refractivity contribution in [3.05, 3.63) is 41.7 Å². The minimum Gasteiger partial charge on any atom is -0.335 e. The van der Waals surface area contributed by atoms with Crippen molar-refractivity contribution in [1.29, 1.82) is 0 Å². The smallest absolute Gasteiger partial charge is 0.293 e. The van der Waals surface area contributed by atoms with Crippen LogP contribution in [-0.2, 0) is 6.54 Å². The second-order valence-electron chi connectivity index (χ2n) is 4.72. The van der Waals surface area contributed by atoms with Crippen LogP contribution in [-0.4, -0.2) is 38.0 Å². The lowest BCUT2D eigenvalue weighted by Crippen LogP contribution is -2.27. The van der Waals surface area contributed by atoms with E-state index < -0.39 is 0 Å². The molecule has 100 valence electrons. The molecule has 0 saturated heterocycles. The standard InChI is InChI=1S/C13H17N5O/c1-9(2)11-15-12(17-16-11)13(19)18(3)8-10-4-6-14-7-5-10/h4-7,9H,8H2,1-3H3,(H,15,16,17). The molecule has 0 atom stereocenters. The molecule has 1 N–H and O–H groups in total. The minimum atomic E-state index is -0.194. The number of hydrogen-bond donors (Lipinski definition) is 1. The van der Waals surface area contributed by atoms with Crippen LogP contribution in [0.5, 0.6) is 0 Å². The molecule has 6 heteroatoms. The lowest BCUT2D eigenvalue weighted by molar-refractivity contribution is 0.0773. The van der Waals surface area contributed by atoms with Crippen molar-refractivity contribution in [2.75, 3.05) is 7.05 Å². The molecule has 1 amide bonds. The summed E-state index contributed by atoms with van der Waals surface area (Å²) in [4.78, 5) is 21.9. The number of carbonyl (C=O) groups excluding carboxylic acids is 1. The molecule has 0 aliphatic heterocycles. The first-order chi connectivity index (χ1) is 9.08. The van der Waals surface area contributed by atoms with Crippen LogP contribution in [0.15, 0.2) is 24.5 Å². The Morgan fingerprint density at radius 3 is 2.63 bits per heavy atom. The molecule has 2 aromatic heterocycles. The maximum absolute atomic E-state index is 12.2. The number of amides is 1. The molecule has 0 radical (unpaired) electrons. The van der Waals surface area contributed by atoms with E-state index in [1.54, 1.807) is 24.3 Å². The fourth-order valence-corrected chi connectivity index (χ4v) is 1.63. The molecule has 0 spiro atoms. The van der Waals surface area contributed by atoms with E-state index in [2.05, 4.69) is 20.2 Å². The molecule has 0 aliphatic rings. The predicted molar refractivity (Wildman–Crippen MR) is 70.5 cm³/mol. The highest BCUT2D eigenvalue weighted by molar-refractivity contribution is 5.90. The third-order valence-corrected chi connectivity index (χ3v) is 2.76. The lowest BCUT2D eigenvalue weighted by atomic mass is 10.2. The Morgan fingerprint density at radius 1 is 1.37 bits per heavy atom. The second kappa shape index (κ2) is 5.60. The molecule has 0 aromatic carbocycles. The molecule has 2 heterocycles. The summed E-state index contributed by atoms with van der Waals surface area (Å²) in [6.45, 7) is 4.50. The van der Waals surface area contributed by atoms with Crippen LogP contribution in [0.3, 0.4) is 0 Å². The zero-order valence-corrected chi connectivity index (χ0v) is 11.3. The van der Waals surface area contributed by atoms with Crippen molar-refractivity contribution in [1.82, 2.24) is 25.1 Å². The Hall–Kier alpha value is -2.24. The van der Waals surface area contributed by atoms with E-state index in [0.717, 1.165) is 11.4 Å². The Balaban J connectivity index is 2.06. The van der Waals surface area contributed by atoms with E-state index in [4.69, 9.17) is 0 Å². The fraction of sp³-hybridized carbons (Fsp3) is 0.385. The first-order valence-electron chi connectivity index (χ1n) is 6.14. The predicted octanol–water partition coefficient (Wildman–Crippen LogP) is 1.60. The van der Waals surface area contributed by atoms with E-state index in [0.29, 0.717) is 6.54 Å². The number of nitrogens with zero attached hydrogens (tertiary/aromatic N) is 4. The van der Waals surface area contributed by atoms with Gasteiger partial charge in [-0.05, 0) is 17.7 Å². The summed E-state index contributed by atoms with van der Waals surface area (Å²) in [6, 6.07) is 3.75. The summed E-state index contributed by atoms with van der Waals surface area (Å²) in [5.74, 6) is 0.959. The van der Waals surface area contributed by atoms with Crippen molar-refractivity contribution in [2.45, 2.75) is 26.3 Å². The number of aromatic nitrogens is 4. The van der Waals surface area contributed by atoms with Crippen molar-refractivity contribution in [3.8, 4) is 0 Å². The molecule has 2 aromatic rings. The van der Waals surface area contributed by atoms with Crippen LogP contribution < -0.4 is 0 Å². The highest BCUT2D eigenvalue weighted by atomic mass is 16.2. The van der Waals surface area contributed by atoms with Gasteiger partial charge in [0, 0.05) is 31.9 Å². The molecule has 0 saturated carbocycles. The van der Waals surface area contributed by atoms with E-state index in [-0.39, 0.29) is 17.6 Å². The van der Waals surface area contributed by atoms with Gasteiger partial charge in [-0.25, -0.2) is 4.98 Å². The second-order valence-corrected chi connectivity index (χ2v) is 4.72. The molecule has 19 heavy (non-hydrogen) atoms. The largest absolute Gasteiger partial charge is 0.335 e. The highest BCUT2D eigenvalue weighted by Gasteiger charge is 2.18. The molecule has 0 aliphatic carbocycles. The quantitative estimate of drug-likeness (QED) is 0.904. The van der Waals surface area contributed by atoms with Crippen LogP contribution in [0.25, 0.3) is 0 Å². The van der Waals surface area contributed by atoms with Crippen molar-refractivity contribution < 1.29 is 4.79 Å². The SMILES string of the molecule is CC(C)c1nc(C(=O)N(C)Cc2ccncc2)n[nH]1. The van der Waals surface area contributed by atoms with Crippen LogP contribution in [0.4, 0.5) is 0 Å². The van der Waals surface area contributed by atoms with Gasteiger partial charge < -0.3 is 4.90 Å². The molecule has 6 nitrogen and oxygen atoms in total. The van der Waals surface area contributed by atoms with Crippen LogP contribution in [0.2, 0.25) is 0 Å². The first kappa shape index (κ1) is 13.2. The number of hydrogen-bond acceptors (Lipinski definition) is 4. The fourth-order valence-electron chi connectivity index (χ4n) is 1.63. The topological polar surface area (TPSA) is 74.8 Å². The number of pyridine rings is 1. The molecule has 0 fully saturated rings. The average Bonchev–Trinajstić information content (AvgIpc) is 2.88. The number of H-pyrrole nitrogens is 1. The van der Waals surface area contributed by atoms with Gasteiger partial charge in [-0.15, -0.1) is 5.10 Å². The lowest BCUT2D eigenvalue weighted by Gasteiger charge is -2.14. The minimum absolute atomic E-state index is 0.194. The van der Waals surface area contributed by atoms with Crippen molar-refractivity contribution in [3.63, 3.8) is 0 Å². The Kier molecular flexibility index (Phi) is 3.89. The summed E-state index contributed by atoms with van der Waals surface area (Å²) in [7, 11) is 1.73. The van der Waals surface area contributed by atoms with Gasteiger partial charge in [-0.2, -0.15) is 0 Å². The van der Waals surface area contributed by atoms with Gasteiger partial charge in [0.1, 0.15) is 5.82 Å². The summed E-state index contributed by atoms with van der Waals surface area (Å²) in [5.41, 5.74) is 1.02. The first-order valence-corrected chi connectivity index (χ1v) is 6.14. The Labute approximate surface area is 111 Å². The highest BCUT2D eigenvalue weighted by Crippen LogP contribution is 2.09. The number of nitrogens with one attached hydrogen (secondary N) is 1. The summed E-state index contributed by atoms with van der Waals surface area (Å²) in [5, 5.41) is 6.75. The summed E-state index contributed by atoms with van der Waals surface area (Å²) >= 11 is 0. The third kappa shape index (κ3) is 3.15. The van der Waals surface area contributed by atoms with Gasteiger partial charge in [0.05, 0.1) is 0 Å². The molecule has 2 rings (SSSR count). The number of carbonyl (C=O) groups is 1. The van der Waals surface area contributed by atoms with E-state index in [1.807, 2.05) is 26.0 Å². The normalized spacial score (nSPS) is 10.7. The van der Waals surface area contributed by atoms with Gasteiger partial charge in [0.2, 0.25) is 5.82 Å². The van der Waals surface area contributed by atoms with Gasteiger partial charge in [0.25, 0.3) is 5.91 Å². The molecular weight excluding hydrogens is 242 g/mol. The third-order valence-electron chi connectivity index (χ3n) is 2.76. The maximum Gasteiger partial charge on any atom is 0.293 e. The van der Waals surface area contributed by atoms with Crippen LogP contribution in [0.1, 0.15) is 41.8 Å². The zero-order chi connectivity index (χ0) is 13.8. The summed E-state index contributed by atoms with van der Waals surface area (Å²) in [6.07, 6.45) is 3.41. The molecular formula is C13H17N5O. The van der Waals surface area contributed by atoms with Crippen LogP contribution >= 0.6 is 0 Å². The van der Waals surface area contributed by atoms with E-state index >= 15 is 0 Å². The van der Waals surface area contributed by atoms with Crippen molar-refractivity contribution >= 4 is 5.91 Å². The average molecular weight is 259 g/mol. The van der Waals surface area contributed by atoms with Gasteiger partial charge in [0.15, 0.2) is 0 Å². The number of aromatic amines is 1.